The van der Waals surface area contributed by atoms with E-state index in [2.05, 4.69) is 21.1 Å². The molecule has 0 aliphatic heterocycles. The van der Waals surface area contributed by atoms with Crippen LogP contribution in [0.2, 0.25) is 0 Å². The van der Waals surface area contributed by atoms with Crippen molar-refractivity contribution < 1.29 is 15.1 Å². The minimum Gasteiger partial charge on any atom is -0.478 e. The summed E-state index contributed by atoms with van der Waals surface area (Å²) in [6.07, 6.45) is 1.22. The van der Waals surface area contributed by atoms with E-state index in [1.807, 2.05) is 0 Å². The Hall–Kier alpha value is -1.36. The van der Waals surface area contributed by atoms with Crippen molar-refractivity contribution in [1.29, 1.82) is 0 Å². The SMILES string of the molecule is O=C(O)c1ccc(/C=N\O)cc1Br. The lowest BCUT2D eigenvalue weighted by molar-refractivity contribution is 0.0696. The van der Waals surface area contributed by atoms with Crippen molar-refractivity contribution in [3.05, 3.63) is 33.8 Å². The normalized spacial score (nSPS) is 10.5. The van der Waals surface area contributed by atoms with Gasteiger partial charge < -0.3 is 10.3 Å². The molecule has 0 radical (unpaired) electrons. The molecule has 0 aliphatic rings. The average Bonchev–Trinajstić information content (AvgIpc) is 2.04. The Labute approximate surface area is 82.6 Å². The zero-order chi connectivity index (χ0) is 9.84. The molecule has 0 spiro atoms. The van der Waals surface area contributed by atoms with Gasteiger partial charge in [-0.15, -0.1) is 0 Å². The second-order valence-electron chi connectivity index (χ2n) is 2.29. The second kappa shape index (κ2) is 4.04. The first-order chi connectivity index (χ1) is 6.15. The Balaban J connectivity index is 3.12. The van der Waals surface area contributed by atoms with Gasteiger partial charge in [-0.3, -0.25) is 0 Å². The van der Waals surface area contributed by atoms with E-state index in [4.69, 9.17) is 10.3 Å². The number of benzene rings is 1. The van der Waals surface area contributed by atoms with Gasteiger partial charge in [-0.05, 0) is 33.6 Å². The Morgan fingerprint density at radius 2 is 2.23 bits per heavy atom. The van der Waals surface area contributed by atoms with Crippen LogP contribution in [0.5, 0.6) is 0 Å². The molecule has 68 valence electrons. The highest BCUT2D eigenvalue weighted by molar-refractivity contribution is 9.10. The summed E-state index contributed by atoms with van der Waals surface area (Å²) in [5.74, 6) is -1.00. The molecule has 0 saturated carbocycles. The summed E-state index contributed by atoms with van der Waals surface area (Å²) < 4.78 is 0.456. The lowest BCUT2D eigenvalue weighted by atomic mass is 10.1. The number of carboxylic acid groups (broad SMARTS) is 1. The zero-order valence-electron chi connectivity index (χ0n) is 6.44. The Bertz CT molecular complexity index is 362. The van der Waals surface area contributed by atoms with Crippen molar-refractivity contribution in [3.8, 4) is 0 Å². The van der Waals surface area contributed by atoms with E-state index in [1.165, 1.54) is 12.3 Å². The van der Waals surface area contributed by atoms with E-state index < -0.39 is 5.97 Å². The Kier molecular flexibility index (Phi) is 3.02. The summed E-state index contributed by atoms with van der Waals surface area (Å²) in [5.41, 5.74) is 0.800. The van der Waals surface area contributed by atoms with Gasteiger partial charge >= 0.3 is 5.97 Å². The lowest BCUT2D eigenvalue weighted by Crippen LogP contribution is -1.97. The topological polar surface area (TPSA) is 69.9 Å². The van der Waals surface area contributed by atoms with E-state index in [1.54, 1.807) is 12.1 Å². The number of carboxylic acids is 1. The Morgan fingerprint density at radius 1 is 1.54 bits per heavy atom. The van der Waals surface area contributed by atoms with Crippen LogP contribution in [0.4, 0.5) is 0 Å². The summed E-state index contributed by atoms with van der Waals surface area (Å²) >= 11 is 3.09. The van der Waals surface area contributed by atoms with Gasteiger partial charge in [0.05, 0.1) is 11.8 Å². The van der Waals surface area contributed by atoms with Crippen LogP contribution in [-0.2, 0) is 0 Å². The smallest absolute Gasteiger partial charge is 0.336 e. The fraction of sp³-hybridized carbons (Fsp3) is 0. The molecular weight excluding hydrogens is 238 g/mol. The lowest BCUT2D eigenvalue weighted by Gasteiger charge is -1.98. The van der Waals surface area contributed by atoms with Crippen molar-refractivity contribution >= 4 is 28.1 Å². The van der Waals surface area contributed by atoms with Crippen molar-refractivity contribution in [2.45, 2.75) is 0 Å². The van der Waals surface area contributed by atoms with Crippen LogP contribution in [0.3, 0.4) is 0 Å². The molecule has 0 atom stereocenters. The largest absolute Gasteiger partial charge is 0.478 e. The predicted octanol–water partition coefficient (Wildman–Crippen LogP) is 1.96. The molecule has 0 aromatic heterocycles. The molecule has 0 unspecified atom stereocenters. The number of hydrogen-bond acceptors (Lipinski definition) is 3. The standard InChI is InChI=1S/C8H6BrNO3/c9-7-3-5(4-10-13)1-2-6(7)8(11)12/h1-4,13H,(H,11,12)/b10-4-. The first kappa shape index (κ1) is 9.73. The van der Waals surface area contributed by atoms with Gasteiger partial charge in [0.1, 0.15) is 0 Å². The fourth-order valence-corrected chi connectivity index (χ4v) is 1.42. The minimum atomic E-state index is -1.00. The first-order valence-corrected chi connectivity index (χ1v) is 4.14. The quantitative estimate of drug-likeness (QED) is 0.474. The summed E-state index contributed by atoms with van der Waals surface area (Å²) in [6.45, 7) is 0. The van der Waals surface area contributed by atoms with Crippen LogP contribution in [0.1, 0.15) is 15.9 Å². The molecule has 0 bridgehead atoms. The number of carbonyl (C=O) groups is 1. The van der Waals surface area contributed by atoms with Crippen molar-refractivity contribution in [1.82, 2.24) is 0 Å². The van der Waals surface area contributed by atoms with Crippen LogP contribution >= 0.6 is 15.9 Å². The maximum absolute atomic E-state index is 10.6. The number of aromatic carboxylic acids is 1. The number of rotatable bonds is 2. The number of nitrogens with zero attached hydrogens (tertiary/aromatic N) is 1. The monoisotopic (exact) mass is 243 g/mol. The summed E-state index contributed by atoms with van der Waals surface area (Å²) in [6, 6.07) is 4.54. The van der Waals surface area contributed by atoms with Gasteiger partial charge in [-0.1, -0.05) is 11.2 Å². The molecule has 1 aromatic carbocycles. The molecule has 2 N–H and O–H groups in total. The highest BCUT2D eigenvalue weighted by Gasteiger charge is 2.07. The van der Waals surface area contributed by atoms with E-state index in [0.29, 0.717) is 10.0 Å². The highest BCUT2D eigenvalue weighted by atomic mass is 79.9. The molecule has 5 heteroatoms. The average molecular weight is 244 g/mol. The predicted molar refractivity (Wildman–Crippen MR) is 50.5 cm³/mol. The van der Waals surface area contributed by atoms with E-state index >= 15 is 0 Å². The van der Waals surface area contributed by atoms with Gasteiger partial charge in [-0.2, -0.15) is 0 Å². The molecule has 0 aliphatic carbocycles. The maximum Gasteiger partial charge on any atom is 0.336 e. The third-order valence-electron chi connectivity index (χ3n) is 1.43. The van der Waals surface area contributed by atoms with Gasteiger partial charge in [-0.25, -0.2) is 4.79 Å². The first-order valence-electron chi connectivity index (χ1n) is 3.35. The van der Waals surface area contributed by atoms with Crippen molar-refractivity contribution in [2.75, 3.05) is 0 Å². The highest BCUT2D eigenvalue weighted by Crippen LogP contribution is 2.17. The summed E-state index contributed by atoms with van der Waals surface area (Å²) in [4.78, 5) is 10.6. The Morgan fingerprint density at radius 3 is 2.69 bits per heavy atom. The molecule has 1 aromatic rings. The molecule has 0 amide bonds. The van der Waals surface area contributed by atoms with Crippen LogP contribution in [0.15, 0.2) is 27.8 Å². The molecule has 1 rings (SSSR count). The van der Waals surface area contributed by atoms with Gasteiger partial charge in [0, 0.05) is 4.47 Å². The third kappa shape index (κ3) is 2.29. The third-order valence-corrected chi connectivity index (χ3v) is 2.09. The maximum atomic E-state index is 10.6. The molecule has 0 fully saturated rings. The molecule has 4 nitrogen and oxygen atoms in total. The molecular formula is C8H6BrNO3. The van der Waals surface area contributed by atoms with Crippen molar-refractivity contribution in [2.24, 2.45) is 5.16 Å². The van der Waals surface area contributed by atoms with Gasteiger partial charge in [0.15, 0.2) is 0 Å². The van der Waals surface area contributed by atoms with E-state index in [0.717, 1.165) is 0 Å². The van der Waals surface area contributed by atoms with Crippen molar-refractivity contribution in [3.63, 3.8) is 0 Å². The van der Waals surface area contributed by atoms with Crippen LogP contribution < -0.4 is 0 Å². The zero-order valence-corrected chi connectivity index (χ0v) is 8.02. The van der Waals surface area contributed by atoms with Gasteiger partial charge in [0.2, 0.25) is 0 Å². The van der Waals surface area contributed by atoms with E-state index in [9.17, 15) is 4.79 Å². The minimum absolute atomic E-state index is 0.176. The fourth-order valence-electron chi connectivity index (χ4n) is 0.852. The number of oxime groups is 1. The number of halogens is 1. The molecule has 0 saturated heterocycles. The number of hydrogen-bond donors (Lipinski definition) is 2. The molecule has 13 heavy (non-hydrogen) atoms. The summed E-state index contributed by atoms with van der Waals surface area (Å²) in [7, 11) is 0. The van der Waals surface area contributed by atoms with Crippen LogP contribution in [0, 0.1) is 0 Å². The molecule has 0 heterocycles. The van der Waals surface area contributed by atoms with E-state index in [-0.39, 0.29) is 5.56 Å². The second-order valence-corrected chi connectivity index (χ2v) is 3.14. The van der Waals surface area contributed by atoms with Crippen LogP contribution in [-0.4, -0.2) is 22.5 Å². The van der Waals surface area contributed by atoms with Crippen LogP contribution in [0.25, 0.3) is 0 Å². The summed E-state index contributed by atoms with van der Waals surface area (Å²) in [5, 5.41) is 19.7. The van der Waals surface area contributed by atoms with Gasteiger partial charge in [0.25, 0.3) is 0 Å².